The van der Waals surface area contributed by atoms with Crippen molar-refractivity contribution in [2.75, 3.05) is 0 Å². The SMILES string of the molecule is N#CC=C1CCCc2c1ccn2Cc1ccccc1. The molecule has 1 aromatic carbocycles. The molecule has 0 saturated carbocycles. The van der Waals surface area contributed by atoms with Crippen molar-refractivity contribution in [3.05, 3.63) is 65.5 Å². The Balaban J connectivity index is 1.94. The summed E-state index contributed by atoms with van der Waals surface area (Å²) in [6.07, 6.45) is 7.12. The Morgan fingerprint density at radius 1 is 1.16 bits per heavy atom. The van der Waals surface area contributed by atoms with Gasteiger partial charge in [0.15, 0.2) is 0 Å². The van der Waals surface area contributed by atoms with E-state index in [2.05, 4.69) is 47.2 Å². The number of fused-ring (bicyclic) bond motifs is 1. The van der Waals surface area contributed by atoms with Crippen LogP contribution in [0.5, 0.6) is 0 Å². The van der Waals surface area contributed by atoms with Gasteiger partial charge < -0.3 is 4.57 Å². The quantitative estimate of drug-likeness (QED) is 0.743. The highest BCUT2D eigenvalue weighted by Gasteiger charge is 2.17. The second-order valence-corrected chi connectivity index (χ2v) is 4.94. The van der Waals surface area contributed by atoms with Crippen LogP contribution in [0.15, 0.2) is 48.7 Å². The predicted molar refractivity (Wildman–Crippen MR) is 76.5 cm³/mol. The smallest absolute Gasteiger partial charge is 0.0915 e. The Labute approximate surface area is 113 Å². The van der Waals surface area contributed by atoms with Crippen LogP contribution in [0.4, 0.5) is 0 Å². The van der Waals surface area contributed by atoms with Gasteiger partial charge in [-0.25, -0.2) is 0 Å². The van der Waals surface area contributed by atoms with Crippen molar-refractivity contribution < 1.29 is 0 Å². The molecule has 0 bridgehead atoms. The van der Waals surface area contributed by atoms with Crippen LogP contribution in [0.2, 0.25) is 0 Å². The van der Waals surface area contributed by atoms with Gasteiger partial charge in [0.1, 0.15) is 0 Å². The van der Waals surface area contributed by atoms with Gasteiger partial charge in [-0.15, -0.1) is 0 Å². The number of aromatic nitrogens is 1. The molecule has 1 aromatic heterocycles. The van der Waals surface area contributed by atoms with Gasteiger partial charge in [-0.2, -0.15) is 5.26 Å². The normalized spacial score (nSPS) is 16.1. The monoisotopic (exact) mass is 248 g/mol. The summed E-state index contributed by atoms with van der Waals surface area (Å²) in [5.41, 5.74) is 5.15. The van der Waals surface area contributed by atoms with E-state index in [1.165, 1.54) is 22.4 Å². The van der Waals surface area contributed by atoms with Crippen LogP contribution in [-0.4, -0.2) is 4.57 Å². The molecule has 2 heteroatoms. The lowest BCUT2D eigenvalue weighted by Crippen LogP contribution is -2.08. The molecule has 0 saturated heterocycles. The number of benzene rings is 1. The molecule has 1 aliphatic rings. The van der Waals surface area contributed by atoms with Gasteiger partial charge in [0.05, 0.1) is 6.07 Å². The molecule has 2 nitrogen and oxygen atoms in total. The van der Waals surface area contributed by atoms with Gasteiger partial charge in [0.2, 0.25) is 0 Å². The fraction of sp³-hybridized carbons (Fsp3) is 0.235. The van der Waals surface area contributed by atoms with Crippen molar-refractivity contribution >= 4 is 5.57 Å². The molecular formula is C17H16N2. The van der Waals surface area contributed by atoms with E-state index in [1.807, 2.05) is 6.07 Å². The van der Waals surface area contributed by atoms with Crippen LogP contribution in [-0.2, 0) is 13.0 Å². The van der Waals surface area contributed by atoms with E-state index in [-0.39, 0.29) is 0 Å². The van der Waals surface area contributed by atoms with Crippen LogP contribution in [0.1, 0.15) is 29.7 Å². The van der Waals surface area contributed by atoms with E-state index < -0.39 is 0 Å². The first-order chi connectivity index (χ1) is 9.38. The third-order valence-corrected chi connectivity index (χ3v) is 3.72. The number of hydrogen-bond acceptors (Lipinski definition) is 1. The number of hydrogen-bond donors (Lipinski definition) is 0. The molecule has 0 amide bonds. The molecule has 0 unspecified atom stereocenters. The van der Waals surface area contributed by atoms with Crippen molar-refractivity contribution in [3.63, 3.8) is 0 Å². The summed E-state index contributed by atoms with van der Waals surface area (Å²) in [4.78, 5) is 0. The molecule has 94 valence electrons. The van der Waals surface area contributed by atoms with Crippen molar-refractivity contribution in [2.45, 2.75) is 25.8 Å². The molecule has 0 atom stereocenters. The minimum absolute atomic E-state index is 0.913. The molecule has 0 N–H and O–H groups in total. The number of rotatable bonds is 2. The van der Waals surface area contributed by atoms with Gasteiger partial charge in [-0.05, 0) is 42.0 Å². The zero-order valence-electron chi connectivity index (χ0n) is 10.8. The molecule has 2 aromatic rings. The second-order valence-electron chi connectivity index (χ2n) is 4.94. The number of nitriles is 1. The van der Waals surface area contributed by atoms with Gasteiger partial charge in [0, 0.05) is 24.5 Å². The highest BCUT2D eigenvalue weighted by Crippen LogP contribution is 2.31. The van der Waals surface area contributed by atoms with Crippen LogP contribution in [0, 0.1) is 11.3 Å². The molecule has 0 aliphatic heterocycles. The Kier molecular flexibility index (Phi) is 3.20. The topological polar surface area (TPSA) is 28.7 Å². The van der Waals surface area contributed by atoms with E-state index in [1.54, 1.807) is 6.08 Å². The average Bonchev–Trinajstić information content (AvgIpc) is 2.85. The molecule has 19 heavy (non-hydrogen) atoms. The largest absolute Gasteiger partial charge is 0.346 e. The van der Waals surface area contributed by atoms with Gasteiger partial charge in [0.25, 0.3) is 0 Å². The summed E-state index contributed by atoms with van der Waals surface area (Å²) >= 11 is 0. The van der Waals surface area contributed by atoms with E-state index in [9.17, 15) is 0 Å². The zero-order chi connectivity index (χ0) is 13.1. The predicted octanol–water partition coefficient (Wildman–Crippen LogP) is 3.78. The molecule has 1 aliphatic carbocycles. The van der Waals surface area contributed by atoms with E-state index >= 15 is 0 Å². The summed E-state index contributed by atoms with van der Waals surface area (Å²) in [6.45, 7) is 0.913. The zero-order valence-corrected chi connectivity index (χ0v) is 10.8. The maximum atomic E-state index is 8.85. The first-order valence-corrected chi connectivity index (χ1v) is 6.69. The molecular weight excluding hydrogens is 232 g/mol. The Morgan fingerprint density at radius 3 is 2.79 bits per heavy atom. The average molecular weight is 248 g/mol. The standard InChI is InChI=1S/C17H16N2/c18-11-9-15-7-4-8-17-16(15)10-12-19(17)13-14-5-2-1-3-6-14/h1-3,5-6,9-10,12H,4,7-8,13H2. The van der Waals surface area contributed by atoms with Crippen LogP contribution >= 0.6 is 0 Å². The summed E-state index contributed by atoms with van der Waals surface area (Å²) in [7, 11) is 0. The van der Waals surface area contributed by atoms with Crippen molar-refractivity contribution in [1.82, 2.24) is 4.57 Å². The van der Waals surface area contributed by atoms with Gasteiger partial charge in [-0.3, -0.25) is 0 Å². The van der Waals surface area contributed by atoms with Crippen molar-refractivity contribution in [2.24, 2.45) is 0 Å². The highest BCUT2D eigenvalue weighted by atomic mass is 15.0. The van der Waals surface area contributed by atoms with Crippen LogP contribution < -0.4 is 0 Å². The number of nitrogens with zero attached hydrogens (tertiary/aromatic N) is 2. The lowest BCUT2D eigenvalue weighted by molar-refractivity contribution is 0.698. The fourth-order valence-electron chi connectivity index (χ4n) is 2.81. The third kappa shape index (κ3) is 2.32. The van der Waals surface area contributed by atoms with Gasteiger partial charge in [-0.1, -0.05) is 30.3 Å². The molecule has 0 fully saturated rings. The molecule has 3 rings (SSSR count). The van der Waals surface area contributed by atoms with Gasteiger partial charge >= 0.3 is 0 Å². The Morgan fingerprint density at radius 2 is 2.00 bits per heavy atom. The maximum Gasteiger partial charge on any atom is 0.0915 e. The lowest BCUT2D eigenvalue weighted by Gasteiger charge is -2.18. The summed E-state index contributed by atoms with van der Waals surface area (Å²) in [5.74, 6) is 0. The van der Waals surface area contributed by atoms with Crippen LogP contribution in [0.25, 0.3) is 5.57 Å². The first kappa shape index (κ1) is 11.8. The third-order valence-electron chi connectivity index (χ3n) is 3.72. The summed E-state index contributed by atoms with van der Waals surface area (Å²) in [6, 6.07) is 14.8. The van der Waals surface area contributed by atoms with E-state index in [0.29, 0.717) is 0 Å². The maximum absolute atomic E-state index is 8.85. The summed E-state index contributed by atoms with van der Waals surface area (Å²) in [5, 5.41) is 8.85. The Bertz CT molecular complexity index is 642. The van der Waals surface area contributed by atoms with Crippen LogP contribution in [0.3, 0.4) is 0 Å². The number of allylic oxidation sites excluding steroid dienone is 2. The molecule has 0 spiro atoms. The second kappa shape index (κ2) is 5.16. The fourth-order valence-corrected chi connectivity index (χ4v) is 2.81. The molecule has 1 heterocycles. The molecule has 0 radical (unpaired) electrons. The lowest BCUT2D eigenvalue weighted by atomic mass is 9.92. The summed E-state index contributed by atoms with van der Waals surface area (Å²) < 4.78 is 2.31. The highest BCUT2D eigenvalue weighted by molar-refractivity contribution is 5.71. The minimum atomic E-state index is 0.913. The van der Waals surface area contributed by atoms with E-state index in [4.69, 9.17) is 5.26 Å². The first-order valence-electron chi connectivity index (χ1n) is 6.69. The van der Waals surface area contributed by atoms with E-state index in [0.717, 1.165) is 25.8 Å². The minimum Gasteiger partial charge on any atom is -0.346 e. The van der Waals surface area contributed by atoms with Crippen molar-refractivity contribution in [3.8, 4) is 6.07 Å². The Hall–Kier alpha value is -2.27. The van der Waals surface area contributed by atoms with Crippen molar-refractivity contribution in [1.29, 1.82) is 5.26 Å².